The summed E-state index contributed by atoms with van der Waals surface area (Å²) >= 11 is 3.22. The lowest BCUT2D eigenvalue weighted by Crippen LogP contribution is -2.18. The van der Waals surface area contributed by atoms with Crippen molar-refractivity contribution in [3.8, 4) is 11.5 Å². The van der Waals surface area contributed by atoms with Crippen LogP contribution in [0.1, 0.15) is 20.7 Å². The Hall–Kier alpha value is -3.42. The molecule has 0 saturated carbocycles. The molecule has 0 fully saturated rings. The van der Waals surface area contributed by atoms with Crippen LogP contribution in [0.15, 0.2) is 65.6 Å². The van der Waals surface area contributed by atoms with E-state index in [0.717, 1.165) is 0 Å². The number of rotatable bonds is 5. The molecule has 5 rings (SSSR count). The van der Waals surface area contributed by atoms with E-state index in [1.807, 2.05) is 0 Å². The van der Waals surface area contributed by atoms with Crippen LogP contribution in [0.4, 0.5) is 22.0 Å². The highest BCUT2D eigenvalue weighted by Gasteiger charge is 2.32. The Morgan fingerprint density at radius 1 is 0.628 bits per heavy atom. The van der Waals surface area contributed by atoms with Crippen LogP contribution >= 0.6 is 45.2 Å². The van der Waals surface area contributed by atoms with Gasteiger partial charge in [-0.15, -0.1) is 0 Å². The summed E-state index contributed by atoms with van der Waals surface area (Å²) in [6.45, 7) is 0. The van der Waals surface area contributed by atoms with Gasteiger partial charge in [0.05, 0.1) is 10.5 Å². The quantitative estimate of drug-likeness (QED) is 0.0269. The van der Waals surface area contributed by atoms with Crippen LogP contribution in [0.2, 0.25) is 0 Å². The van der Waals surface area contributed by atoms with Gasteiger partial charge in [-0.05, 0) is 57.3 Å². The third-order valence-corrected chi connectivity index (χ3v) is 9.50. The van der Waals surface area contributed by atoms with E-state index in [-0.39, 0.29) is 45.7 Å². The van der Waals surface area contributed by atoms with E-state index < -0.39 is 61.6 Å². The molecule has 7 nitrogen and oxygen atoms in total. The summed E-state index contributed by atoms with van der Waals surface area (Å²) in [5.74, 6) is -15.1. The van der Waals surface area contributed by atoms with Crippen LogP contribution < -0.4 is 9.47 Å². The Morgan fingerprint density at radius 2 is 1.02 bits per heavy atom. The fraction of sp³-hybridized carbons (Fsp3) is 0. The van der Waals surface area contributed by atoms with Gasteiger partial charge in [0.15, 0.2) is 23.3 Å². The van der Waals surface area contributed by atoms with Crippen molar-refractivity contribution < 1.29 is 54.0 Å². The van der Waals surface area contributed by atoms with Crippen LogP contribution in [0.25, 0.3) is 21.5 Å². The summed E-state index contributed by atoms with van der Waals surface area (Å²) in [5, 5.41) is 0.328. The molecule has 5 aromatic rings. The molecular weight excluding hydrogens is 829 g/mol. The average molecular weight is 839 g/mol. The largest absolute Gasteiger partial charge is 0.744 e. The SMILES string of the molecule is O=C(Oc1c2ccccc2c(C(=O)Oc2cc(I)c(S(=O)(=O)[O-])c(I)c2)c2ccccc12)c1c(F)c(F)c(F)c(F)c1F. The van der Waals surface area contributed by atoms with E-state index in [1.165, 1.54) is 60.7 Å². The highest BCUT2D eigenvalue weighted by atomic mass is 127. The number of esters is 2. The maximum absolute atomic E-state index is 14.4. The second-order valence-corrected chi connectivity index (χ2v) is 12.3. The lowest BCUT2D eigenvalue weighted by Gasteiger charge is -2.17. The Labute approximate surface area is 265 Å². The standard InChI is InChI=1S/C28H11F5I2O7S/c29-20-19(21(30)23(32)24(33)22(20)31)28(37)42-25-14-7-3-1-5-12(14)18(13-6-2-4-8-15(13)25)27(36)41-11-9-16(34)26(17(35)10-11)43(38,39)40/h1-10H,(H,38,39,40)/p-1. The van der Waals surface area contributed by atoms with Gasteiger partial charge in [0.25, 0.3) is 0 Å². The summed E-state index contributed by atoms with van der Waals surface area (Å²) in [6.07, 6.45) is 0. The molecule has 0 heterocycles. The molecule has 0 atom stereocenters. The molecule has 0 saturated heterocycles. The van der Waals surface area contributed by atoms with Crippen molar-refractivity contribution in [1.82, 2.24) is 0 Å². The number of fused-ring (bicyclic) bond motifs is 2. The maximum atomic E-state index is 14.4. The molecule has 0 aliphatic heterocycles. The number of carbonyl (C=O) groups is 2. The Morgan fingerprint density at radius 3 is 1.47 bits per heavy atom. The molecule has 0 unspecified atom stereocenters. The molecule has 0 radical (unpaired) electrons. The third-order valence-electron chi connectivity index (χ3n) is 6.13. The predicted molar refractivity (Wildman–Crippen MR) is 157 cm³/mol. The number of halogens is 7. The number of hydrogen-bond acceptors (Lipinski definition) is 7. The Kier molecular flexibility index (Phi) is 8.36. The van der Waals surface area contributed by atoms with Gasteiger partial charge < -0.3 is 14.0 Å². The summed E-state index contributed by atoms with van der Waals surface area (Å²) in [5.41, 5.74) is -1.87. The van der Waals surface area contributed by atoms with E-state index in [4.69, 9.17) is 9.47 Å². The molecule has 5 aromatic carbocycles. The first kappa shape index (κ1) is 31.0. The van der Waals surface area contributed by atoms with Crippen molar-refractivity contribution in [2.75, 3.05) is 0 Å². The third kappa shape index (κ3) is 5.53. The maximum Gasteiger partial charge on any atom is 0.349 e. The average Bonchev–Trinajstić information content (AvgIpc) is 2.93. The molecule has 0 aliphatic rings. The number of carbonyl (C=O) groups excluding carboxylic acids is 2. The zero-order chi connectivity index (χ0) is 31.4. The van der Waals surface area contributed by atoms with Crippen LogP contribution in [0.3, 0.4) is 0 Å². The number of ether oxygens (including phenoxy) is 2. The molecule has 43 heavy (non-hydrogen) atoms. The fourth-order valence-electron chi connectivity index (χ4n) is 4.34. The topological polar surface area (TPSA) is 110 Å². The van der Waals surface area contributed by atoms with Crippen LogP contribution in [0.5, 0.6) is 11.5 Å². The summed E-state index contributed by atoms with van der Waals surface area (Å²) < 4.78 is 115. The zero-order valence-electron chi connectivity index (χ0n) is 20.7. The van der Waals surface area contributed by atoms with Crippen LogP contribution in [-0.2, 0) is 10.1 Å². The first-order chi connectivity index (χ1) is 20.2. The monoisotopic (exact) mass is 839 g/mol. The molecule has 0 spiro atoms. The van der Waals surface area contributed by atoms with Crippen molar-refractivity contribution in [3.05, 3.63) is 108 Å². The minimum Gasteiger partial charge on any atom is -0.744 e. The molecule has 220 valence electrons. The fourth-order valence-corrected chi connectivity index (χ4v) is 8.26. The van der Waals surface area contributed by atoms with Crippen molar-refractivity contribution in [3.63, 3.8) is 0 Å². The summed E-state index contributed by atoms with van der Waals surface area (Å²) in [7, 11) is -4.82. The molecule has 0 aliphatic carbocycles. The van der Waals surface area contributed by atoms with Gasteiger partial charge in [-0.25, -0.2) is 40.0 Å². The van der Waals surface area contributed by atoms with Gasteiger partial charge in [-0.3, -0.25) is 0 Å². The second-order valence-electron chi connectivity index (χ2n) is 8.69. The van der Waals surface area contributed by atoms with Crippen LogP contribution in [-0.4, -0.2) is 24.9 Å². The Balaban J connectivity index is 1.66. The van der Waals surface area contributed by atoms with Gasteiger partial charge >= 0.3 is 11.9 Å². The van der Waals surface area contributed by atoms with E-state index >= 15 is 0 Å². The lowest BCUT2D eigenvalue weighted by atomic mass is 9.95. The van der Waals surface area contributed by atoms with Gasteiger partial charge in [0.1, 0.15) is 27.2 Å². The number of benzene rings is 5. The summed E-state index contributed by atoms with van der Waals surface area (Å²) in [4.78, 5) is 25.9. The molecule has 0 N–H and O–H groups in total. The molecule has 0 bridgehead atoms. The predicted octanol–water partition coefficient (Wildman–Crippen LogP) is 7.24. The molecule has 0 aromatic heterocycles. The zero-order valence-corrected chi connectivity index (χ0v) is 25.8. The van der Waals surface area contributed by atoms with Crippen LogP contribution in [0, 0.1) is 36.2 Å². The molecule has 15 heteroatoms. The molecule has 0 amide bonds. The molecular formula is C28H10F5I2O7S-. The second kappa shape index (κ2) is 11.6. The van der Waals surface area contributed by atoms with E-state index in [9.17, 15) is 44.5 Å². The van der Waals surface area contributed by atoms with Gasteiger partial charge in [0.2, 0.25) is 5.82 Å². The van der Waals surface area contributed by atoms with Crippen molar-refractivity contribution in [2.45, 2.75) is 4.90 Å². The van der Waals surface area contributed by atoms with E-state index in [2.05, 4.69) is 0 Å². The lowest BCUT2D eigenvalue weighted by molar-refractivity contribution is 0.0722. The first-order valence-electron chi connectivity index (χ1n) is 11.6. The smallest absolute Gasteiger partial charge is 0.349 e. The van der Waals surface area contributed by atoms with Crippen molar-refractivity contribution in [1.29, 1.82) is 0 Å². The van der Waals surface area contributed by atoms with Crippen molar-refractivity contribution in [2.24, 2.45) is 0 Å². The highest BCUT2D eigenvalue weighted by Crippen LogP contribution is 2.40. The normalized spacial score (nSPS) is 11.6. The number of hydrogen-bond donors (Lipinski definition) is 0. The summed E-state index contributed by atoms with van der Waals surface area (Å²) in [6, 6.07) is 14.0. The minimum atomic E-state index is -4.82. The van der Waals surface area contributed by atoms with E-state index in [1.54, 1.807) is 45.2 Å². The van der Waals surface area contributed by atoms with Gasteiger partial charge in [-0.1, -0.05) is 48.5 Å². The minimum absolute atomic E-state index is 0.00686. The highest BCUT2D eigenvalue weighted by molar-refractivity contribution is 14.1. The van der Waals surface area contributed by atoms with Crippen molar-refractivity contribution >= 4 is 88.8 Å². The van der Waals surface area contributed by atoms with Gasteiger partial charge in [0, 0.05) is 28.7 Å². The van der Waals surface area contributed by atoms with Gasteiger partial charge in [-0.2, -0.15) is 0 Å². The van der Waals surface area contributed by atoms with E-state index in [0.29, 0.717) is 0 Å². The Bertz CT molecular complexity index is 2030. The first-order valence-corrected chi connectivity index (χ1v) is 15.1.